The number of carbonyl (C=O) groups is 1. The normalized spacial score (nSPS) is 11.5. The van der Waals surface area contributed by atoms with Crippen LogP contribution in [-0.2, 0) is 4.79 Å². The monoisotopic (exact) mass is 475 g/mol. The molecule has 4 nitrogen and oxygen atoms in total. The van der Waals surface area contributed by atoms with Crippen LogP contribution < -0.4 is 10.1 Å². The molecule has 0 fully saturated rings. The first-order chi connectivity index (χ1) is 15.0. The van der Waals surface area contributed by atoms with E-state index < -0.39 is 0 Å². The van der Waals surface area contributed by atoms with Gasteiger partial charge in [-0.1, -0.05) is 46.3 Å². The Morgan fingerprint density at radius 3 is 2.65 bits per heavy atom. The zero-order valence-electron chi connectivity index (χ0n) is 17.3. The van der Waals surface area contributed by atoms with E-state index in [1.807, 2.05) is 74.5 Å². The van der Waals surface area contributed by atoms with Gasteiger partial charge >= 0.3 is 0 Å². The summed E-state index contributed by atoms with van der Waals surface area (Å²) in [5.41, 5.74) is 5.19. The number of rotatable bonds is 6. The number of fused-ring (bicyclic) bond motifs is 1. The summed E-state index contributed by atoms with van der Waals surface area (Å²) in [6.07, 6.45) is 3.35. The maximum absolute atomic E-state index is 12.6. The molecule has 0 unspecified atom stereocenters. The maximum Gasteiger partial charge on any atom is 0.248 e. The Balaban J connectivity index is 1.75. The number of anilines is 1. The van der Waals surface area contributed by atoms with Gasteiger partial charge in [-0.2, -0.15) is 0 Å². The number of carbonyl (C=O) groups excluding carboxylic acids is 1. The summed E-state index contributed by atoms with van der Waals surface area (Å²) >= 11 is 3.53. The molecule has 0 radical (unpaired) electrons. The van der Waals surface area contributed by atoms with Crippen LogP contribution in [0.1, 0.15) is 19.4 Å². The van der Waals surface area contributed by atoms with Gasteiger partial charge in [-0.15, -0.1) is 0 Å². The van der Waals surface area contributed by atoms with Crippen LogP contribution in [0, 0.1) is 0 Å². The molecule has 0 atom stereocenters. The molecule has 1 N–H and O–H groups in total. The van der Waals surface area contributed by atoms with Gasteiger partial charge in [0.25, 0.3) is 0 Å². The molecule has 156 valence electrons. The standard InChI is InChI=1S/C26H22BrNO3/c1-3-30-24-15-25-22(23(16-31-25)18-8-7-9-19(27)13-18)14-21(24)17(2)12-26(29)28-20-10-5-4-6-11-20/h4-16H,3H2,1-2H3,(H,28,29)/b17-12+. The SMILES string of the molecule is CCOc1cc2occ(-c3cccc(Br)c3)c2cc1/C(C)=C/C(=O)Nc1ccccc1. The van der Waals surface area contributed by atoms with Gasteiger partial charge in [-0.25, -0.2) is 0 Å². The van der Waals surface area contributed by atoms with E-state index in [1.165, 1.54) is 0 Å². The fraction of sp³-hybridized carbons (Fsp3) is 0.115. The van der Waals surface area contributed by atoms with Crippen LogP contribution in [0.5, 0.6) is 5.75 Å². The molecule has 0 aliphatic carbocycles. The number of hydrogen-bond donors (Lipinski definition) is 1. The van der Waals surface area contributed by atoms with Crippen molar-refractivity contribution >= 4 is 44.1 Å². The predicted molar refractivity (Wildman–Crippen MR) is 129 cm³/mol. The molecule has 0 spiro atoms. The summed E-state index contributed by atoms with van der Waals surface area (Å²) in [7, 11) is 0. The van der Waals surface area contributed by atoms with E-state index in [2.05, 4.69) is 27.3 Å². The second kappa shape index (κ2) is 9.23. The molecule has 0 saturated heterocycles. The minimum atomic E-state index is -0.189. The molecular weight excluding hydrogens is 454 g/mol. The summed E-state index contributed by atoms with van der Waals surface area (Å²) in [5.74, 6) is 0.497. The van der Waals surface area contributed by atoms with Gasteiger partial charge in [0.1, 0.15) is 11.3 Å². The lowest BCUT2D eigenvalue weighted by atomic mass is 9.99. The van der Waals surface area contributed by atoms with Crippen molar-refractivity contribution < 1.29 is 13.9 Å². The molecule has 1 amide bonds. The minimum Gasteiger partial charge on any atom is -0.493 e. The number of allylic oxidation sites excluding steroid dienone is 1. The summed E-state index contributed by atoms with van der Waals surface area (Å²) in [4.78, 5) is 12.6. The van der Waals surface area contributed by atoms with Crippen molar-refractivity contribution in [2.24, 2.45) is 0 Å². The van der Waals surface area contributed by atoms with Crippen molar-refractivity contribution in [2.75, 3.05) is 11.9 Å². The number of nitrogens with one attached hydrogen (secondary N) is 1. The van der Waals surface area contributed by atoms with E-state index in [0.29, 0.717) is 12.4 Å². The third kappa shape index (κ3) is 4.72. The number of ether oxygens (including phenoxy) is 1. The lowest BCUT2D eigenvalue weighted by Crippen LogP contribution is -2.08. The van der Waals surface area contributed by atoms with Crippen LogP contribution in [0.25, 0.3) is 27.7 Å². The Kier molecular flexibility index (Phi) is 6.23. The zero-order valence-corrected chi connectivity index (χ0v) is 18.9. The number of benzene rings is 3. The van der Waals surface area contributed by atoms with Crippen molar-refractivity contribution in [3.63, 3.8) is 0 Å². The van der Waals surface area contributed by atoms with Crippen LogP contribution in [-0.4, -0.2) is 12.5 Å². The number of amides is 1. The molecular formula is C26H22BrNO3. The smallest absolute Gasteiger partial charge is 0.248 e. The average Bonchev–Trinajstić information content (AvgIpc) is 3.17. The molecule has 0 saturated carbocycles. The van der Waals surface area contributed by atoms with Gasteiger partial charge in [0.05, 0.1) is 12.9 Å². The highest BCUT2D eigenvalue weighted by atomic mass is 79.9. The van der Waals surface area contributed by atoms with Gasteiger partial charge in [0.2, 0.25) is 5.91 Å². The Hall–Kier alpha value is -3.31. The maximum atomic E-state index is 12.6. The largest absolute Gasteiger partial charge is 0.493 e. The molecule has 0 aliphatic rings. The van der Waals surface area contributed by atoms with Crippen molar-refractivity contribution in [1.82, 2.24) is 0 Å². The van der Waals surface area contributed by atoms with Crippen LogP contribution in [0.3, 0.4) is 0 Å². The highest BCUT2D eigenvalue weighted by Crippen LogP contribution is 2.38. The third-order valence-electron chi connectivity index (χ3n) is 4.92. The quantitative estimate of drug-likeness (QED) is 0.297. The van der Waals surface area contributed by atoms with Gasteiger partial charge < -0.3 is 14.5 Å². The third-order valence-corrected chi connectivity index (χ3v) is 5.42. The lowest BCUT2D eigenvalue weighted by molar-refractivity contribution is -0.111. The van der Waals surface area contributed by atoms with Gasteiger partial charge in [-0.3, -0.25) is 4.79 Å². The number of furan rings is 1. The first-order valence-electron chi connectivity index (χ1n) is 10.0. The van der Waals surface area contributed by atoms with E-state index in [0.717, 1.165) is 43.4 Å². The molecule has 31 heavy (non-hydrogen) atoms. The van der Waals surface area contributed by atoms with Crippen molar-refractivity contribution in [1.29, 1.82) is 0 Å². The first kappa shape index (κ1) is 20.9. The fourth-order valence-corrected chi connectivity index (χ4v) is 3.89. The minimum absolute atomic E-state index is 0.189. The Bertz CT molecular complexity index is 1260. The van der Waals surface area contributed by atoms with E-state index in [1.54, 1.807) is 12.3 Å². The molecule has 3 aromatic carbocycles. The number of hydrogen-bond acceptors (Lipinski definition) is 3. The zero-order chi connectivity index (χ0) is 21.8. The van der Waals surface area contributed by atoms with Gasteiger partial charge in [0, 0.05) is 38.8 Å². The van der Waals surface area contributed by atoms with E-state index >= 15 is 0 Å². The molecule has 4 rings (SSSR count). The summed E-state index contributed by atoms with van der Waals surface area (Å²) < 4.78 is 12.7. The number of halogens is 1. The van der Waals surface area contributed by atoms with Crippen LogP contribution >= 0.6 is 15.9 Å². The Labute approximate surface area is 189 Å². The van der Waals surface area contributed by atoms with Crippen molar-refractivity contribution in [3.05, 3.63) is 89.1 Å². The highest BCUT2D eigenvalue weighted by Gasteiger charge is 2.15. The average molecular weight is 476 g/mol. The van der Waals surface area contributed by atoms with Gasteiger partial charge in [0.15, 0.2) is 0 Å². The van der Waals surface area contributed by atoms with Crippen LogP contribution in [0.4, 0.5) is 5.69 Å². The molecule has 1 aromatic heterocycles. The van der Waals surface area contributed by atoms with E-state index in [4.69, 9.17) is 9.15 Å². The van der Waals surface area contributed by atoms with Crippen LogP contribution in [0.2, 0.25) is 0 Å². The topological polar surface area (TPSA) is 51.5 Å². The highest BCUT2D eigenvalue weighted by molar-refractivity contribution is 9.10. The molecule has 0 bridgehead atoms. The first-order valence-corrected chi connectivity index (χ1v) is 10.8. The van der Waals surface area contributed by atoms with Crippen molar-refractivity contribution in [3.8, 4) is 16.9 Å². The Morgan fingerprint density at radius 2 is 1.90 bits per heavy atom. The number of para-hydroxylation sites is 1. The summed E-state index contributed by atoms with van der Waals surface area (Å²) in [6.45, 7) is 4.36. The second-order valence-corrected chi connectivity index (χ2v) is 8.04. The van der Waals surface area contributed by atoms with Gasteiger partial charge in [-0.05, 0) is 55.3 Å². The molecule has 5 heteroatoms. The summed E-state index contributed by atoms with van der Waals surface area (Å²) in [6, 6.07) is 21.4. The van der Waals surface area contributed by atoms with Crippen LogP contribution in [0.15, 0.2) is 88.0 Å². The van der Waals surface area contributed by atoms with Crippen molar-refractivity contribution in [2.45, 2.75) is 13.8 Å². The van der Waals surface area contributed by atoms with E-state index in [-0.39, 0.29) is 5.91 Å². The molecule has 0 aliphatic heterocycles. The Morgan fingerprint density at radius 1 is 1.10 bits per heavy atom. The molecule has 1 heterocycles. The van der Waals surface area contributed by atoms with E-state index in [9.17, 15) is 4.79 Å². The summed E-state index contributed by atoms with van der Waals surface area (Å²) in [5, 5.41) is 3.86. The fourth-order valence-electron chi connectivity index (χ4n) is 3.49. The predicted octanol–water partition coefficient (Wildman–Crippen LogP) is 7.30. The lowest BCUT2D eigenvalue weighted by Gasteiger charge is -2.12. The molecule has 4 aromatic rings. The second-order valence-electron chi connectivity index (χ2n) is 7.12.